The van der Waals surface area contributed by atoms with Gasteiger partial charge in [-0.15, -0.1) is 11.6 Å². The summed E-state index contributed by atoms with van der Waals surface area (Å²) in [6, 6.07) is 1.53. The topological polar surface area (TPSA) is 0 Å². The molecular weight excluding hydrogens is 251 g/mol. The SMILES string of the molecule is Cc1cc(F)c(C(Cl)CC(F)(F)F)cc1F. The third kappa shape index (κ3) is 3.33. The van der Waals surface area contributed by atoms with Crippen molar-refractivity contribution in [3.05, 3.63) is 34.9 Å². The van der Waals surface area contributed by atoms with Gasteiger partial charge < -0.3 is 0 Å². The smallest absolute Gasteiger partial charge is 0.207 e. The van der Waals surface area contributed by atoms with E-state index in [-0.39, 0.29) is 5.56 Å². The molecular formula is C10H8ClF5. The Morgan fingerprint density at radius 3 is 2.25 bits per heavy atom. The molecule has 0 aliphatic carbocycles. The molecule has 1 atom stereocenters. The highest BCUT2D eigenvalue weighted by Crippen LogP contribution is 2.35. The first-order valence-electron chi connectivity index (χ1n) is 4.37. The van der Waals surface area contributed by atoms with Crippen molar-refractivity contribution in [2.24, 2.45) is 0 Å². The van der Waals surface area contributed by atoms with Crippen LogP contribution in [0.4, 0.5) is 22.0 Å². The van der Waals surface area contributed by atoms with Gasteiger partial charge in [0.25, 0.3) is 0 Å². The Balaban J connectivity index is 3.00. The molecule has 0 saturated heterocycles. The monoisotopic (exact) mass is 258 g/mol. The molecule has 1 aromatic carbocycles. The first-order chi connectivity index (χ1) is 7.20. The van der Waals surface area contributed by atoms with Crippen LogP contribution in [0.2, 0.25) is 0 Å². The summed E-state index contributed by atoms with van der Waals surface area (Å²) < 4.78 is 62.3. The lowest BCUT2D eigenvalue weighted by Crippen LogP contribution is -2.12. The molecule has 0 spiro atoms. The van der Waals surface area contributed by atoms with Crippen molar-refractivity contribution in [1.82, 2.24) is 0 Å². The van der Waals surface area contributed by atoms with Crippen molar-refractivity contribution < 1.29 is 22.0 Å². The minimum Gasteiger partial charge on any atom is -0.207 e. The van der Waals surface area contributed by atoms with Gasteiger partial charge in [0.15, 0.2) is 0 Å². The van der Waals surface area contributed by atoms with E-state index in [4.69, 9.17) is 11.6 Å². The number of aryl methyl sites for hydroxylation is 1. The highest BCUT2D eigenvalue weighted by molar-refractivity contribution is 6.20. The second kappa shape index (κ2) is 4.57. The quantitative estimate of drug-likeness (QED) is 0.541. The summed E-state index contributed by atoms with van der Waals surface area (Å²) in [4.78, 5) is 0. The van der Waals surface area contributed by atoms with Gasteiger partial charge in [-0.2, -0.15) is 13.2 Å². The molecule has 90 valence electrons. The van der Waals surface area contributed by atoms with Crippen LogP contribution in [0.5, 0.6) is 0 Å². The second-order valence-electron chi connectivity index (χ2n) is 3.41. The zero-order valence-electron chi connectivity index (χ0n) is 8.21. The third-order valence-electron chi connectivity index (χ3n) is 2.03. The highest BCUT2D eigenvalue weighted by Gasteiger charge is 2.33. The minimum absolute atomic E-state index is 0.0251. The van der Waals surface area contributed by atoms with Crippen molar-refractivity contribution in [3.63, 3.8) is 0 Å². The first kappa shape index (κ1) is 13.2. The molecule has 1 aromatic rings. The molecule has 0 amide bonds. The third-order valence-corrected chi connectivity index (χ3v) is 2.42. The van der Waals surface area contributed by atoms with E-state index in [0.29, 0.717) is 6.07 Å². The van der Waals surface area contributed by atoms with Crippen molar-refractivity contribution >= 4 is 11.6 Å². The maximum absolute atomic E-state index is 13.2. The van der Waals surface area contributed by atoms with Crippen molar-refractivity contribution in [3.8, 4) is 0 Å². The summed E-state index contributed by atoms with van der Waals surface area (Å²) in [6.45, 7) is 1.31. The molecule has 0 bridgehead atoms. The molecule has 1 unspecified atom stereocenters. The molecule has 1 rings (SSSR count). The van der Waals surface area contributed by atoms with Gasteiger partial charge in [0, 0.05) is 5.56 Å². The molecule has 0 radical (unpaired) electrons. The largest absolute Gasteiger partial charge is 0.390 e. The summed E-state index contributed by atoms with van der Waals surface area (Å²) >= 11 is 5.39. The fraction of sp³-hybridized carbons (Fsp3) is 0.400. The highest BCUT2D eigenvalue weighted by atomic mass is 35.5. The molecule has 0 heterocycles. The number of alkyl halides is 4. The van der Waals surface area contributed by atoms with E-state index in [1.807, 2.05) is 0 Å². The van der Waals surface area contributed by atoms with Crippen molar-refractivity contribution in [2.45, 2.75) is 24.9 Å². The zero-order valence-corrected chi connectivity index (χ0v) is 8.96. The van der Waals surface area contributed by atoms with Crippen LogP contribution in [0.3, 0.4) is 0 Å². The number of benzene rings is 1. The predicted octanol–water partition coefficient (Wildman–Crippen LogP) is 4.51. The Morgan fingerprint density at radius 1 is 1.19 bits per heavy atom. The maximum atomic E-state index is 13.2. The average Bonchev–Trinajstić information content (AvgIpc) is 2.08. The Morgan fingerprint density at radius 2 is 1.75 bits per heavy atom. The molecule has 16 heavy (non-hydrogen) atoms. The number of hydrogen-bond donors (Lipinski definition) is 0. The van der Waals surface area contributed by atoms with Crippen LogP contribution in [0, 0.1) is 18.6 Å². The molecule has 0 aliphatic heterocycles. The standard InChI is InChI=1S/C10H8ClF5/c1-5-2-9(13)6(3-8(5)12)7(11)4-10(14,15)16/h2-3,7H,4H2,1H3. The molecule has 0 N–H and O–H groups in total. The number of rotatable bonds is 2. The maximum Gasteiger partial charge on any atom is 0.390 e. The Labute approximate surface area is 94.0 Å². The zero-order chi connectivity index (χ0) is 12.5. The van der Waals surface area contributed by atoms with Gasteiger partial charge in [-0.25, -0.2) is 8.78 Å². The van der Waals surface area contributed by atoms with E-state index in [1.165, 1.54) is 6.92 Å². The van der Waals surface area contributed by atoms with Crippen molar-refractivity contribution in [1.29, 1.82) is 0 Å². The van der Waals surface area contributed by atoms with Gasteiger partial charge in [-0.05, 0) is 24.6 Å². The molecule has 0 saturated carbocycles. The van der Waals surface area contributed by atoms with Gasteiger partial charge in [0.1, 0.15) is 11.6 Å². The second-order valence-corrected chi connectivity index (χ2v) is 3.94. The van der Waals surface area contributed by atoms with Gasteiger partial charge in [0.05, 0.1) is 11.8 Å². The van der Waals surface area contributed by atoms with Gasteiger partial charge in [-0.1, -0.05) is 0 Å². The van der Waals surface area contributed by atoms with E-state index in [2.05, 4.69) is 0 Å². The van der Waals surface area contributed by atoms with E-state index in [1.54, 1.807) is 0 Å². The Bertz CT molecular complexity index is 386. The number of hydrogen-bond acceptors (Lipinski definition) is 0. The van der Waals surface area contributed by atoms with Crippen LogP contribution in [0.15, 0.2) is 12.1 Å². The lowest BCUT2D eigenvalue weighted by molar-refractivity contribution is -0.134. The van der Waals surface area contributed by atoms with Crippen LogP contribution < -0.4 is 0 Å². The average molecular weight is 259 g/mol. The first-order valence-corrected chi connectivity index (χ1v) is 4.80. The normalized spacial score (nSPS) is 13.9. The molecule has 0 nitrogen and oxygen atoms in total. The summed E-state index contributed by atoms with van der Waals surface area (Å²) in [6.07, 6.45) is -5.91. The van der Waals surface area contributed by atoms with E-state index in [0.717, 1.165) is 6.07 Å². The van der Waals surface area contributed by atoms with Gasteiger partial charge >= 0.3 is 6.18 Å². The van der Waals surface area contributed by atoms with Crippen LogP contribution in [-0.4, -0.2) is 6.18 Å². The predicted molar refractivity (Wildman–Crippen MR) is 50.4 cm³/mol. The minimum atomic E-state index is -4.51. The lowest BCUT2D eigenvalue weighted by atomic mass is 10.1. The fourth-order valence-electron chi connectivity index (χ4n) is 1.21. The van der Waals surface area contributed by atoms with Gasteiger partial charge in [-0.3, -0.25) is 0 Å². The molecule has 6 heteroatoms. The fourth-order valence-corrected chi connectivity index (χ4v) is 1.56. The Kier molecular flexibility index (Phi) is 3.78. The van der Waals surface area contributed by atoms with Crippen LogP contribution in [0.25, 0.3) is 0 Å². The summed E-state index contributed by atoms with van der Waals surface area (Å²) in [7, 11) is 0. The van der Waals surface area contributed by atoms with E-state index < -0.39 is 35.2 Å². The van der Waals surface area contributed by atoms with Crippen LogP contribution >= 0.6 is 11.6 Å². The molecule has 0 aromatic heterocycles. The number of halogens is 6. The van der Waals surface area contributed by atoms with Crippen molar-refractivity contribution in [2.75, 3.05) is 0 Å². The molecule has 0 aliphatic rings. The summed E-state index contributed by atoms with van der Waals surface area (Å²) in [5, 5.41) is -1.62. The lowest BCUT2D eigenvalue weighted by Gasteiger charge is -2.14. The summed E-state index contributed by atoms with van der Waals surface area (Å²) in [5.41, 5.74) is -0.445. The molecule has 0 fully saturated rings. The van der Waals surface area contributed by atoms with E-state index in [9.17, 15) is 22.0 Å². The van der Waals surface area contributed by atoms with E-state index >= 15 is 0 Å². The summed E-state index contributed by atoms with van der Waals surface area (Å²) in [5.74, 6) is -1.70. The van der Waals surface area contributed by atoms with Crippen LogP contribution in [0.1, 0.15) is 22.9 Å². The van der Waals surface area contributed by atoms with Gasteiger partial charge in [0.2, 0.25) is 0 Å². The van der Waals surface area contributed by atoms with Crippen LogP contribution in [-0.2, 0) is 0 Å². The Hall–Kier alpha value is -0.840.